The van der Waals surface area contributed by atoms with Crippen molar-refractivity contribution in [3.8, 4) is 0 Å². The Morgan fingerprint density at radius 1 is 0.688 bits per heavy atom. The number of hydrogen-bond acceptors (Lipinski definition) is 3. The molecule has 3 amide bonds. The highest BCUT2D eigenvalue weighted by molar-refractivity contribution is 6.05. The van der Waals surface area contributed by atoms with Crippen LogP contribution < -0.4 is 16.0 Å². The lowest BCUT2D eigenvalue weighted by atomic mass is 10.1. The second-order valence-corrected chi connectivity index (χ2v) is 8.01. The van der Waals surface area contributed by atoms with Crippen LogP contribution in [-0.2, 0) is 6.54 Å². The summed E-state index contributed by atoms with van der Waals surface area (Å²) in [6.45, 7) is 3.19. The van der Waals surface area contributed by atoms with Crippen molar-refractivity contribution >= 4 is 29.0 Å². The van der Waals surface area contributed by atoms with E-state index in [1.807, 2.05) is 48.5 Å². The summed E-state index contributed by atoms with van der Waals surface area (Å²) in [5.74, 6) is -0.180. The number of nitrogens with zero attached hydrogens (tertiary/aromatic N) is 1. The molecule has 1 heterocycles. The fourth-order valence-electron chi connectivity index (χ4n) is 3.85. The molecule has 3 aromatic rings. The van der Waals surface area contributed by atoms with Gasteiger partial charge in [0.05, 0.1) is 0 Å². The van der Waals surface area contributed by atoms with Crippen LogP contribution in [0.25, 0.3) is 0 Å². The number of carbonyl (C=O) groups is 2. The van der Waals surface area contributed by atoms with E-state index in [1.54, 1.807) is 24.3 Å². The van der Waals surface area contributed by atoms with Gasteiger partial charge in [0.15, 0.2) is 0 Å². The highest BCUT2D eigenvalue weighted by Crippen LogP contribution is 2.18. The monoisotopic (exact) mass is 428 g/mol. The molecule has 1 aliphatic heterocycles. The third-order valence-corrected chi connectivity index (χ3v) is 5.48. The highest BCUT2D eigenvalue weighted by atomic mass is 16.2. The lowest BCUT2D eigenvalue weighted by Crippen LogP contribution is -2.29. The fraction of sp³-hybridized carbons (Fsp3) is 0.231. The fourth-order valence-corrected chi connectivity index (χ4v) is 3.85. The van der Waals surface area contributed by atoms with Crippen molar-refractivity contribution in [3.63, 3.8) is 0 Å². The summed E-state index contributed by atoms with van der Waals surface area (Å²) in [4.78, 5) is 27.2. The van der Waals surface area contributed by atoms with E-state index in [-0.39, 0.29) is 11.9 Å². The molecule has 0 bridgehead atoms. The minimum absolute atomic E-state index is 0.180. The molecule has 1 fully saturated rings. The predicted octanol–water partition coefficient (Wildman–Crippen LogP) is 5.57. The lowest BCUT2D eigenvalue weighted by Gasteiger charge is -2.26. The Balaban J connectivity index is 1.31. The van der Waals surface area contributed by atoms with Gasteiger partial charge in [0.2, 0.25) is 0 Å². The van der Waals surface area contributed by atoms with Gasteiger partial charge in [-0.15, -0.1) is 0 Å². The third kappa shape index (κ3) is 6.18. The van der Waals surface area contributed by atoms with E-state index in [4.69, 9.17) is 0 Å². The van der Waals surface area contributed by atoms with E-state index in [0.29, 0.717) is 16.9 Å². The lowest BCUT2D eigenvalue weighted by molar-refractivity contribution is 0.102. The molecule has 164 valence electrons. The minimum atomic E-state index is -0.334. The molecule has 4 rings (SSSR count). The summed E-state index contributed by atoms with van der Waals surface area (Å²) in [5, 5.41) is 8.50. The van der Waals surface area contributed by atoms with Crippen LogP contribution in [0.3, 0.4) is 0 Å². The maximum Gasteiger partial charge on any atom is 0.323 e. The van der Waals surface area contributed by atoms with Crippen LogP contribution in [0.1, 0.15) is 35.2 Å². The van der Waals surface area contributed by atoms with E-state index in [1.165, 1.54) is 24.8 Å². The summed E-state index contributed by atoms with van der Waals surface area (Å²) < 4.78 is 0. The van der Waals surface area contributed by atoms with Crippen molar-refractivity contribution in [3.05, 3.63) is 90.0 Å². The Hall–Kier alpha value is -3.64. The van der Waals surface area contributed by atoms with Crippen molar-refractivity contribution in [2.75, 3.05) is 29.0 Å². The number of likely N-dealkylation sites (tertiary alicyclic amines) is 1. The standard InChI is InChI=1S/C26H28N4O2/c31-25(27-24-11-7-8-20(18-24)19-30-16-5-2-6-17-30)21-12-14-23(15-13-21)29-26(32)28-22-9-3-1-4-10-22/h1,3-4,7-15,18H,2,5-6,16-17,19H2,(H,27,31)(H2,28,29,32). The van der Waals surface area contributed by atoms with Crippen molar-refractivity contribution in [1.29, 1.82) is 0 Å². The van der Waals surface area contributed by atoms with Crippen LogP contribution in [0.4, 0.5) is 21.9 Å². The summed E-state index contributed by atoms with van der Waals surface area (Å²) in [5.41, 5.74) is 3.84. The maximum absolute atomic E-state index is 12.7. The topological polar surface area (TPSA) is 73.5 Å². The SMILES string of the molecule is O=C(Nc1ccccc1)Nc1ccc(C(=O)Nc2cccc(CN3CCCCC3)c2)cc1. The van der Waals surface area contributed by atoms with Gasteiger partial charge in [-0.2, -0.15) is 0 Å². The summed E-state index contributed by atoms with van der Waals surface area (Å²) >= 11 is 0. The number of anilines is 3. The molecule has 0 atom stereocenters. The third-order valence-electron chi connectivity index (χ3n) is 5.48. The van der Waals surface area contributed by atoms with Gasteiger partial charge in [-0.25, -0.2) is 4.79 Å². The smallest absolute Gasteiger partial charge is 0.322 e. The Morgan fingerprint density at radius 3 is 2.06 bits per heavy atom. The molecular weight excluding hydrogens is 400 g/mol. The molecule has 6 nitrogen and oxygen atoms in total. The molecule has 0 saturated carbocycles. The average molecular weight is 429 g/mol. The van der Waals surface area contributed by atoms with Gasteiger partial charge in [-0.1, -0.05) is 36.8 Å². The van der Waals surface area contributed by atoms with E-state index in [2.05, 4.69) is 26.9 Å². The summed E-state index contributed by atoms with van der Waals surface area (Å²) in [7, 11) is 0. The molecule has 6 heteroatoms. The quantitative estimate of drug-likeness (QED) is 0.481. The number of carbonyl (C=O) groups excluding carboxylic acids is 2. The van der Waals surface area contributed by atoms with Crippen molar-refractivity contribution < 1.29 is 9.59 Å². The predicted molar refractivity (Wildman–Crippen MR) is 129 cm³/mol. The van der Waals surface area contributed by atoms with Gasteiger partial charge in [-0.3, -0.25) is 9.69 Å². The minimum Gasteiger partial charge on any atom is -0.322 e. The Labute approximate surface area is 188 Å². The van der Waals surface area contributed by atoms with Gasteiger partial charge < -0.3 is 16.0 Å². The second kappa shape index (κ2) is 10.6. The zero-order valence-electron chi connectivity index (χ0n) is 18.0. The number of piperidine rings is 1. The van der Waals surface area contributed by atoms with E-state index in [0.717, 1.165) is 25.3 Å². The van der Waals surface area contributed by atoms with E-state index < -0.39 is 0 Å². The molecule has 1 aliphatic rings. The van der Waals surface area contributed by atoms with Gasteiger partial charge in [0, 0.05) is 29.2 Å². The first-order valence-corrected chi connectivity index (χ1v) is 11.0. The van der Waals surface area contributed by atoms with Crippen molar-refractivity contribution in [2.24, 2.45) is 0 Å². The number of hydrogen-bond donors (Lipinski definition) is 3. The number of amides is 3. The molecule has 3 N–H and O–H groups in total. The second-order valence-electron chi connectivity index (χ2n) is 8.01. The number of para-hydroxylation sites is 1. The molecule has 32 heavy (non-hydrogen) atoms. The van der Waals surface area contributed by atoms with Crippen LogP contribution in [0, 0.1) is 0 Å². The van der Waals surface area contributed by atoms with Crippen molar-refractivity contribution in [1.82, 2.24) is 4.90 Å². The molecule has 3 aromatic carbocycles. The number of rotatable bonds is 6. The first kappa shape index (κ1) is 21.6. The number of benzene rings is 3. The van der Waals surface area contributed by atoms with E-state index >= 15 is 0 Å². The normalized spacial score (nSPS) is 13.9. The van der Waals surface area contributed by atoms with Crippen molar-refractivity contribution in [2.45, 2.75) is 25.8 Å². The molecular formula is C26H28N4O2. The Morgan fingerprint density at radius 2 is 1.34 bits per heavy atom. The van der Waals surface area contributed by atoms with Crippen LogP contribution in [-0.4, -0.2) is 29.9 Å². The molecule has 0 aliphatic carbocycles. The van der Waals surface area contributed by atoms with Gasteiger partial charge in [0.1, 0.15) is 0 Å². The molecule has 1 saturated heterocycles. The summed E-state index contributed by atoms with van der Waals surface area (Å²) in [6.07, 6.45) is 3.84. The van der Waals surface area contributed by atoms with Gasteiger partial charge >= 0.3 is 6.03 Å². The zero-order chi connectivity index (χ0) is 22.2. The summed E-state index contributed by atoms with van der Waals surface area (Å²) in [6, 6.07) is 23.7. The molecule has 0 unspecified atom stereocenters. The van der Waals surface area contributed by atoms with Crippen LogP contribution in [0.5, 0.6) is 0 Å². The van der Waals surface area contributed by atoms with Crippen LogP contribution >= 0.6 is 0 Å². The first-order chi connectivity index (χ1) is 15.7. The molecule has 0 radical (unpaired) electrons. The van der Waals surface area contributed by atoms with Gasteiger partial charge in [0.25, 0.3) is 5.91 Å². The average Bonchev–Trinajstić information content (AvgIpc) is 2.81. The van der Waals surface area contributed by atoms with Crippen LogP contribution in [0.15, 0.2) is 78.9 Å². The largest absolute Gasteiger partial charge is 0.323 e. The first-order valence-electron chi connectivity index (χ1n) is 11.0. The van der Waals surface area contributed by atoms with E-state index in [9.17, 15) is 9.59 Å². The Bertz CT molecular complexity index is 1040. The zero-order valence-corrected chi connectivity index (χ0v) is 18.0. The number of urea groups is 1. The molecule has 0 spiro atoms. The van der Waals surface area contributed by atoms with Crippen LogP contribution in [0.2, 0.25) is 0 Å². The highest BCUT2D eigenvalue weighted by Gasteiger charge is 2.12. The van der Waals surface area contributed by atoms with Gasteiger partial charge in [-0.05, 0) is 80.0 Å². The maximum atomic E-state index is 12.7. The Kier molecular flexibility index (Phi) is 7.15. The molecule has 0 aromatic heterocycles. The number of nitrogens with one attached hydrogen (secondary N) is 3.